The number of ether oxygens (including phenoxy) is 2. The number of aliphatic hydroxyl groups excluding tert-OH is 1. The van der Waals surface area contributed by atoms with Crippen LogP contribution in [0.3, 0.4) is 0 Å². The smallest absolute Gasteiger partial charge is 0.295 e. The molecule has 1 aliphatic heterocycles. The van der Waals surface area contributed by atoms with Gasteiger partial charge < -0.3 is 19.5 Å². The third kappa shape index (κ3) is 4.32. The summed E-state index contributed by atoms with van der Waals surface area (Å²) in [5, 5.41) is 11.7. The topological polar surface area (TPSA) is 89.0 Å². The standard InChI is InChI=1S/C25H20Cl2N2O5/c1-33-17-7-5-14(6-8-17)13-29-21(15-4-3-9-28-12-15)20(23(31)25(29)32)22(30)18-10-16(26)11-19(27)24(18)34-2/h3-12,21,30H,13H2,1-2H3/b22-20+. The first-order chi connectivity index (χ1) is 16.3. The van der Waals surface area contributed by atoms with Crippen molar-refractivity contribution in [3.8, 4) is 11.5 Å². The molecule has 2 aromatic carbocycles. The molecule has 0 spiro atoms. The van der Waals surface area contributed by atoms with Gasteiger partial charge in [-0.15, -0.1) is 0 Å². The predicted molar refractivity (Wildman–Crippen MR) is 128 cm³/mol. The molecule has 0 saturated carbocycles. The zero-order chi connectivity index (χ0) is 24.4. The number of hydrogen-bond donors (Lipinski definition) is 1. The normalized spacial score (nSPS) is 17.2. The summed E-state index contributed by atoms with van der Waals surface area (Å²) >= 11 is 12.4. The number of pyridine rings is 1. The van der Waals surface area contributed by atoms with Crippen LogP contribution < -0.4 is 9.47 Å². The largest absolute Gasteiger partial charge is 0.507 e. The molecule has 0 radical (unpaired) electrons. The third-order valence-corrected chi connectivity index (χ3v) is 6.02. The van der Waals surface area contributed by atoms with Crippen molar-refractivity contribution in [1.82, 2.24) is 9.88 Å². The predicted octanol–water partition coefficient (Wildman–Crippen LogP) is 5.03. The Morgan fingerprint density at radius 2 is 1.82 bits per heavy atom. The van der Waals surface area contributed by atoms with Crippen molar-refractivity contribution < 1.29 is 24.2 Å². The van der Waals surface area contributed by atoms with Crippen molar-refractivity contribution in [2.75, 3.05) is 14.2 Å². The monoisotopic (exact) mass is 498 g/mol. The molecule has 9 heteroatoms. The molecule has 1 amide bonds. The molecule has 1 aromatic heterocycles. The minimum atomic E-state index is -0.890. The fourth-order valence-corrected chi connectivity index (χ4v) is 4.51. The number of likely N-dealkylation sites (tertiary alicyclic amines) is 1. The zero-order valence-electron chi connectivity index (χ0n) is 18.3. The van der Waals surface area contributed by atoms with Crippen LogP contribution in [-0.4, -0.2) is 40.9 Å². The number of halogens is 2. The van der Waals surface area contributed by atoms with E-state index in [9.17, 15) is 14.7 Å². The van der Waals surface area contributed by atoms with Crippen molar-refractivity contribution in [2.24, 2.45) is 0 Å². The van der Waals surface area contributed by atoms with E-state index in [0.29, 0.717) is 11.3 Å². The fraction of sp³-hybridized carbons (Fsp3) is 0.160. The average molecular weight is 499 g/mol. The van der Waals surface area contributed by atoms with Crippen LogP contribution in [0.2, 0.25) is 10.0 Å². The van der Waals surface area contributed by atoms with Crippen molar-refractivity contribution in [1.29, 1.82) is 0 Å². The molecule has 4 rings (SSSR count). The molecule has 1 aliphatic rings. The van der Waals surface area contributed by atoms with E-state index in [4.69, 9.17) is 32.7 Å². The summed E-state index contributed by atoms with van der Waals surface area (Å²) in [7, 11) is 2.94. The van der Waals surface area contributed by atoms with Gasteiger partial charge in [-0.3, -0.25) is 14.6 Å². The highest BCUT2D eigenvalue weighted by Crippen LogP contribution is 2.43. The summed E-state index contributed by atoms with van der Waals surface area (Å²) in [4.78, 5) is 31.9. The number of benzene rings is 2. The van der Waals surface area contributed by atoms with Crippen LogP contribution in [-0.2, 0) is 16.1 Å². The summed E-state index contributed by atoms with van der Waals surface area (Å²) in [6, 6.07) is 12.6. The molecule has 1 N–H and O–H groups in total. The van der Waals surface area contributed by atoms with Crippen LogP contribution in [0, 0.1) is 0 Å². The maximum atomic E-state index is 13.2. The molecule has 174 valence electrons. The molecule has 0 bridgehead atoms. The second-order valence-corrected chi connectivity index (χ2v) is 8.37. The van der Waals surface area contributed by atoms with Crippen molar-refractivity contribution in [3.05, 3.63) is 93.2 Å². The number of nitrogens with zero attached hydrogens (tertiary/aromatic N) is 2. The van der Waals surface area contributed by atoms with E-state index >= 15 is 0 Å². The van der Waals surface area contributed by atoms with Crippen LogP contribution >= 0.6 is 23.2 Å². The lowest BCUT2D eigenvalue weighted by molar-refractivity contribution is -0.140. The van der Waals surface area contributed by atoms with Gasteiger partial charge in [-0.25, -0.2) is 0 Å². The maximum absolute atomic E-state index is 13.2. The number of rotatable bonds is 6. The van der Waals surface area contributed by atoms with E-state index in [1.54, 1.807) is 55.9 Å². The second-order valence-electron chi connectivity index (χ2n) is 7.53. The lowest BCUT2D eigenvalue weighted by Gasteiger charge is -2.25. The first-order valence-electron chi connectivity index (χ1n) is 10.2. The Hall–Kier alpha value is -3.55. The Balaban J connectivity index is 1.88. The van der Waals surface area contributed by atoms with Gasteiger partial charge in [-0.2, -0.15) is 0 Å². The van der Waals surface area contributed by atoms with Gasteiger partial charge in [0.15, 0.2) is 0 Å². The van der Waals surface area contributed by atoms with Gasteiger partial charge in [0.25, 0.3) is 11.7 Å². The number of aromatic nitrogens is 1. The summed E-state index contributed by atoms with van der Waals surface area (Å²) in [6.45, 7) is 0.123. The van der Waals surface area contributed by atoms with Gasteiger partial charge in [0, 0.05) is 24.0 Å². The number of aliphatic hydroxyl groups is 1. The Morgan fingerprint density at radius 1 is 1.09 bits per heavy atom. The highest BCUT2D eigenvalue weighted by molar-refractivity contribution is 6.46. The van der Waals surface area contributed by atoms with Gasteiger partial charge >= 0.3 is 0 Å². The molecule has 1 saturated heterocycles. The van der Waals surface area contributed by atoms with Crippen molar-refractivity contribution in [3.63, 3.8) is 0 Å². The van der Waals surface area contributed by atoms with E-state index in [2.05, 4.69) is 4.98 Å². The molecule has 34 heavy (non-hydrogen) atoms. The summed E-state index contributed by atoms with van der Waals surface area (Å²) < 4.78 is 10.5. The van der Waals surface area contributed by atoms with E-state index in [1.807, 2.05) is 0 Å². The van der Waals surface area contributed by atoms with E-state index in [-0.39, 0.29) is 33.5 Å². The molecule has 3 aromatic rings. The molecule has 2 heterocycles. The van der Waals surface area contributed by atoms with Gasteiger partial charge in [0.2, 0.25) is 0 Å². The minimum absolute atomic E-state index is 0.108. The summed E-state index contributed by atoms with van der Waals surface area (Å²) in [6.07, 6.45) is 3.13. The highest BCUT2D eigenvalue weighted by Gasteiger charge is 2.46. The zero-order valence-corrected chi connectivity index (χ0v) is 19.8. The summed E-state index contributed by atoms with van der Waals surface area (Å²) in [5.41, 5.74) is 1.34. The number of hydrogen-bond acceptors (Lipinski definition) is 6. The SMILES string of the molecule is COc1ccc(CN2C(=O)C(=O)/C(=C(/O)c3cc(Cl)cc(Cl)c3OC)C2c2cccnc2)cc1. The van der Waals surface area contributed by atoms with Crippen LogP contribution in [0.25, 0.3) is 5.76 Å². The van der Waals surface area contributed by atoms with Gasteiger partial charge in [-0.05, 0) is 41.5 Å². The highest BCUT2D eigenvalue weighted by atomic mass is 35.5. The lowest BCUT2D eigenvalue weighted by Crippen LogP contribution is -2.29. The lowest BCUT2D eigenvalue weighted by atomic mass is 9.96. The summed E-state index contributed by atoms with van der Waals surface area (Å²) in [5.74, 6) is -1.23. The Morgan fingerprint density at radius 3 is 2.44 bits per heavy atom. The van der Waals surface area contributed by atoms with Gasteiger partial charge in [-0.1, -0.05) is 41.4 Å². The Bertz CT molecular complexity index is 1280. The maximum Gasteiger partial charge on any atom is 0.295 e. The van der Waals surface area contributed by atoms with Crippen LogP contribution in [0.4, 0.5) is 0 Å². The van der Waals surface area contributed by atoms with Gasteiger partial charge in [0.1, 0.15) is 17.3 Å². The molecule has 7 nitrogen and oxygen atoms in total. The number of methoxy groups -OCH3 is 2. The molecule has 0 aliphatic carbocycles. The quantitative estimate of drug-likeness (QED) is 0.291. The van der Waals surface area contributed by atoms with Crippen LogP contribution in [0.15, 0.2) is 66.5 Å². The average Bonchev–Trinajstić information content (AvgIpc) is 3.09. The van der Waals surface area contributed by atoms with E-state index < -0.39 is 23.5 Å². The molecule has 1 unspecified atom stereocenters. The van der Waals surface area contributed by atoms with Crippen LogP contribution in [0.1, 0.15) is 22.7 Å². The number of amides is 1. The van der Waals surface area contributed by atoms with Crippen molar-refractivity contribution >= 4 is 40.7 Å². The molecule has 1 fully saturated rings. The molecular weight excluding hydrogens is 479 g/mol. The number of ketones is 1. The van der Waals surface area contributed by atoms with Gasteiger partial charge in [0.05, 0.1) is 36.4 Å². The van der Waals surface area contributed by atoms with E-state index in [1.165, 1.54) is 24.1 Å². The second kappa shape index (κ2) is 9.75. The Kier molecular flexibility index (Phi) is 6.77. The Labute approximate surface area is 206 Å². The first-order valence-corrected chi connectivity index (χ1v) is 11.0. The third-order valence-electron chi connectivity index (χ3n) is 5.52. The van der Waals surface area contributed by atoms with Crippen molar-refractivity contribution in [2.45, 2.75) is 12.6 Å². The molecule has 1 atom stereocenters. The number of Topliss-reactive ketones (excluding diaryl/α,β-unsaturated/α-hetero) is 1. The number of carbonyl (C=O) groups is 2. The fourth-order valence-electron chi connectivity index (χ4n) is 3.94. The first kappa shape index (κ1) is 23.6. The van der Waals surface area contributed by atoms with E-state index in [0.717, 1.165) is 5.56 Å². The minimum Gasteiger partial charge on any atom is -0.507 e. The van der Waals surface area contributed by atoms with Crippen LogP contribution in [0.5, 0.6) is 11.5 Å². The molecular formula is C25H20Cl2N2O5. The number of carbonyl (C=O) groups excluding carboxylic acids is 2.